The van der Waals surface area contributed by atoms with Gasteiger partial charge in [-0.1, -0.05) is 18.2 Å². The minimum Gasteiger partial charge on any atom is -0.196 e. The van der Waals surface area contributed by atoms with E-state index < -0.39 is 0 Å². The van der Waals surface area contributed by atoms with Gasteiger partial charge >= 0.3 is 0 Å². The average molecular weight is 198 g/mol. The third-order valence-corrected chi connectivity index (χ3v) is 2.37. The van der Waals surface area contributed by atoms with Crippen LogP contribution in [0.4, 0.5) is 0 Å². The van der Waals surface area contributed by atoms with Gasteiger partial charge in [-0.2, -0.15) is 15.6 Å². The molecule has 1 aromatic carbocycles. The van der Waals surface area contributed by atoms with Crippen LogP contribution in [-0.2, 0) is 0 Å². The lowest BCUT2D eigenvalue weighted by Crippen LogP contribution is -1.90. The number of aromatic amines is 1. The summed E-state index contributed by atoms with van der Waals surface area (Å²) >= 11 is 0. The molecule has 1 N–H and O–H groups in total. The lowest BCUT2D eigenvalue weighted by molar-refractivity contribution is 0.936. The van der Waals surface area contributed by atoms with Crippen LogP contribution in [0.5, 0.6) is 0 Å². The summed E-state index contributed by atoms with van der Waals surface area (Å²) in [6.45, 7) is 4.00. The fourth-order valence-corrected chi connectivity index (χ4v) is 1.67. The fourth-order valence-electron chi connectivity index (χ4n) is 1.67. The Kier molecular flexibility index (Phi) is 2.22. The first-order chi connectivity index (χ1) is 7.24. The molecule has 0 bridgehead atoms. The Balaban J connectivity index is 2.70. The van der Waals surface area contributed by atoms with Crippen LogP contribution in [0.15, 0.2) is 18.2 Å². The second-order valence-corrected chi connectivity index (χ2v) is 3.40. The number of hydrogen-bond donors (Lipinski definition) is 1. The van der Waals surface area contributed by atoms with Crippen LogP contribution in [0.25, 0.3) is 11.3 Å². The molecule has 2 rings (SSSR count). The summed E-state index contributed by atoms with van der Waals surface area (Å²) in [7, 11) is 0. The summed E-state index contributed by atoms with van der Waals surface area (Å²) in [5.41, 5.74) is 4.16. The maximum atomic E-state index is 8.88. The van der Waals surface area contributed by atoms with E-state index in [4.69, 9.17) is 5.26 Å². The molecule has 1 heterocycles. The molecule has 0 saturated carbocycles. The first kappa shape index (κ1) is 9.41. The Hall–Kier alpha value is -2.15. The lowest BCUT2D eigenvalue weighted by atomic mass is 9.99. The third-order valence-electron chi connectivity index (χ3n) is 2.37. The highest BCUT2D eigenvalue weighted by Gasteiger charge is 2.13. The zero-order valence-electron chi connectivity index (χ0n) is 8.57. The van der Waals surface area contributed by atoms with Crippen LogP contribution < -0.4 is 0 Å². The van der Waals surface area contributed by atoms with E-state index in [1.807, 2.05) is 38.1 Å². The molecule has 0 spiro atoms. The second-order valence-electron chi connectivity index (χ2n) is 3.40. The number of nitrogens with one attached hydrogen (secondary N) is 1. The van der Waals surface area contributed by atoms with E-state index >= 15 is 0 Å². The third kappa shape index (κ3) is 1.48. The Morgan fingerprint density at radius 3 is 2.47 bits per heavy atom. The molecule has 4 heteroatoms. The summed E-state index contributed by atoms with van der Waals surface area (Å²) in [4.78, 5) is 0. The van der Waals surface area contributed by atoms with Gasteiger partial charge in [0.15, 0.2) is 5.69 Å². The molecule has 0 unspecified atom stereocenters. The van der Waals surface area contributed by atoms with Gasteiger partial charge in [0.05, 0.1) is 0 Å². The molecule has 0 radical (unpaired) electrons. The first-order valence-corrected chi connectivity index (χ1v) is 4.61. The molecule has 0 aliphatic heterocycles. The predicted molar refractivity (Wildman–Crippen MR) is 56.0 cm³/mol. The number of aryl methyl sites for hydroxylation is 2. The summed E-state index contributed by atoms with van der Waals surface area (Å²) in [6, 6.07) is 8.01. The minimum atomic E-state index is 0.340. The molecule has 0 aliphatic carbocycles. The van der Waals surface area contributed by atoms with Crippen LogP contribution in [0.3, 0.4) is 0 Å². The molecular formula is C11H10N4. The number of hydrogen-bond acceptors (Lipinski definition) is 3. The van der Waals surface area contributed by atoms with Gasteiger partial charge in [-0.3, -0.25) is 0 Å². The SMILES string of the molecule is Cc1cccc(C)c1-c1n[nH]nc1C#N. The Morgan fingerprint density at radius 2 is 1.87 bits per heavy atom. The van der Waals surface area contributed by atoms with Crippen LogP contribution in [0.1, 0.15) is 16.8 Å². The van der Waals surface area contributed by atoms with E-state index in [-0.39, 0.29) is 0 Å². The molecule has 0 atom stereocenters. The summed E-state index contributed by atoms with van der Waals surface area (Å²) < 4.78 is 0. The molecule has 0 fully saturated rings. The van der Waals surface area contributed by atoms with Crippen molar-refractivity contribution in [2.75, 3.05) is 0 Å². The molecule has 2 aromatic rings. The largest absolute Gasteiger partial charge is 0.196 e. The van der Waals surface area contributed by atoms with Gasteiger partial charge in [-0.25, -0.2) is 0 Å². The molecule has 15 heavy (non-hydrogen) atoms. The van der Waals surface area contributed by atoms with Crippen molar-refractivity contribution in [2.45, 2.75) is 13.8 Å². The molecule has 0 amide bonds. The highest BCUT2D eigenvalue weighted by atomic mass is 15.3. The van der Waals surface area contributed by atoms with Crippen molar-refractivity contribution in [2.24, 2.45) is 0 Å². The van der Waals surface area contributed by atoms with Crippen molar-refractivity contribution in [1.82, 2.24) is 15.4 Å². The zero-order chi connectivity index (χ0) is 10.8. The minimum absolute atomic E-state index is 0.340. The van der Waals surface area contributed by atoms with E-state index in [1.54, 1.807) is 0 Å². The highest BCUT2D eigenvalue weighted by molar-refractivity contribution is 5.70. The molecule has 0 aliphatic rings. The van der Waals surface area contributed by atoms with Gasteiger partial charge in [0.1, 0.15) is 11.8 Å². The van der Waals surface area contributed by atoms with Gasteiger partial charge in [-0.15, -0.1) is 5.10 Å². The Bertz CT molecular complexity index is 514. The normalized spacial score (nSPS) is 9.93. The van der Waals surface area contributed by atoms with Crippen molar-refractivity contribution in [1.29, 1.82) is 5.26 Å². The van der Waals surface area contributed by atoms with Crippen LogP contribution in [0, 0.1) is 25.2 Å². The van der Waals surface area contributed by atoms with Gasteiger partial charge in [0.25, 0.3) is 0 Å². The second kappa shape index (κ2) is 3.54. The highest BCUT2D eigenvalue weighted by Crippen LogP contribution is 2.26. The Labute approximate surface area is 87.6 Å². The summed E-state index contributed by atoms with van der Waals surface area (Å²) in [5.74, 6) is 0. The lowest BCUT2D eigenvalue weighted by Gasteiger charge is -2.05. The maximum Gasteiger partial charge on any atom is 0.190 e. The van der Waals surface area contributed by atoms with Crippen molar-refractivity contribution in [3.05, 3.63) is 35.0 Å². The van der Waals surface area contributed by atoms with E-state index in [0.29, 0.717) is 11.4 Å². The Morgan fingerprint density at radius 1 is 1.20 bits per heavy atom. The maximum absolute atomic E-state index is 8.88. The number of benzene rings is 1. The quantitative estimate of drug-likeness (QED) is 0.761. The van der Waals surface area contributed by atoms with Gasteiger partial charge in [0.2, 0.25) is 0 Å². The number of aromatic nitrogens is 3. The fraction of sp³-hybridized carbons (Fsp3) is 0.182. The van der Waals surface area contributed by atoms with E-state index in [2.05, 4.69) is 15.4 Å². The van der Waals surface area contributed by atoms with E-state index in [0.717, 1.165) is 16.7 Å². The van der Waals surface area contributed by atoms with Gasteiger partial charge < -0.3 is 0 Å². The summed E-state index contributed by atoms with van der Waals surface area (Å²) in [5, 5.41) is 19.2. The van der Waals surface area contributed by atoms with Crippen LogP contribution >= 0.6 is 0 Å². The van der Waals surface area contributed by atoms with E-state index in [9.17, 15) is 0 Å². The predicted octanol–water partition coefficient (Wildman–Crippen LogP) is 1.96. The average Bonchev–Trinajstić information content (AvgIpc) is 2.65. The molecular weight excluding hydrogens is 188 g/mol. The first-order valence-electron chi connectivity index (χ1n) is 4.61. The van der Waals surface area contributed by atoms with Crippen molar-refractivity contribution in [3.63, 3.8) is 0 Å². The van der Waals surface area contributed by atoms with Crippen molar-refractivity contribution < 1.29 is 0 Å². The molecule has 1 aromatic heterocycles. The molecule has 0 saturated heterocycles. The van der Waals surface area contributed by atoms with Crippen molar-refractivity contribution >= 4 is 0 Å². The van der Waals surface area contributed by atoms with Crippen LogP contribution in [0.2, 0.25) is 0 Å². The number of nitriles is 1. The summed E-state index contributed by atoms with van der Waals surface area (Å²) in [6.07, 6.45) is 0. The topological polar surface area (TPSA) is 65.4 Å². The number of nitrogens with zero attached hydrogens (tertiary/aromatic N) is 3. The van der Waals surface area contributed by atoms with Gasteiger partial charge in [-0.05, 0) is 25.0 Å². The standard InChI is InChI=1S/C11H10N4/c1-7-4-3-5-8(2)10(7)11-9(6-12)13-15-14-11/h3-5H,1-2H3,(H,13,14,15). The molecule has 4 nitrogen and oxygen atoms in total. The number of rotatable bonds is 1. The zero-order valence-corrected chi connectivity index (χ0v) is 8.57. The van der Waals surface area contributed by atoms with E-state index in [1.165, 1.54) is 0 Å². The number of H-pyrrole nitrogens is 1. The monoisotopic (exact) mass is 198 g/mol. The smallest absolute Gasteiger partial charge is 0.190 e. The molecule has 74 valence electrons. The van der Waals surface area contributed by atoms with Crippen molar-refractivity contribution in [3.8, 4) is 17.3 Å². The van der Waals surface area contributed by atoms with Crippen LogP contribution in [-0.4, -0.2) is 15.4 Å². The van der Waals surface area contributed by atoms with Gasteiger partial charge in [0, 0.05) is 5.56 Å².